The molecule has 0 aliphatic heterocycles. The lowest BCUT2D eigenvalue weighted by molar-refractivity contribution is -0.118. The van der Waals surface area contributed by atoms with Gasteiger partial charge >= 0.3 is 0 Å². The minimum atomic E-state index is -0.556. The van der Waals surface area contributed by atoms with E-state index in [9.17, 15) is 9.90 Å². The molecular formula is C13H20N2O2. The Hall–Kier alpha value is -1.55. The lowest BCUT2D eigenvalue weighted by atomic mass is 9.99. The molecule has 4 nitrogen and oxygen atoms in total. The molecule has 4 N–H and O–H groups in total. The second kappa shape index (κ2) is 5.68. The molecular weight excluding hydrogens is 216 g/mol. The summed E-state index contributed by atoms with van der Waals surface area (Å²) in [4.78, 5) is 11.8. The van der Waals surface area contributed by atoms with Gasteiger partial charge in [-0.25, -0.2) is 0 Å². The van der Waals surface area contributed by atoms with Crippen LogP contribution in [-0.2, 0) is 4.79 Å². The van der Waals surface area contributed by atoms with Crippen LogP contribution in [0, 0.1) is 12.8 Å². The summed E-state index contributed by atoms with van der Waals surface area (Å²) in [7, 11) is 0. The van der Waals surface area contributed by atoms with E-state index in [0.29, 0.717) is 5.69 Å². The first kappa shape index (κ1) is 13.5. The van der Waals surface area contributed by atoms with Crippen LogP contribution in [0.1, 0.15) is 25.8 Å². The molecule has 2 atom stereocenters. The van der Waals surface area contributed by atoms with E-state index < -0.39 is 6.04 Å². The number of carbonyl (C=O) groups is 1. The number of nitrogens with two attached hydrogens (primary N) is 1. The molecule has 0 spiro atoms. The van der Waals surface area contributed by atoms with Gasteiger partial charge in [-0.1, -0.05) is 26.3 Å². The molecule has 4 heteroatoms. The number of amides is 1. The molecule has 0 unspecified atom stereocenters. The minimum absolute atomic E-state index is 0.0558. The smallest absolute Gasteiger partial charge is 0.241 e. The molecule has 1 amide bonds. The Kier molecular flexibility index (Phi) is 4.52. The normalized spacial score (nSPS) is 14.1. The van der Waals surface area contributed by atoms with Gasteiger partial charge in [0.2, 0.25) is 5.91 Å². The Morgan fingerprint density at radius 2 is 2.18 bits per heavy atom. The maximum atomic E-state index is 11.8. The molecule has 17 heavy (non-hydrogen) atoms. The third-order valence-electron chi connectivity index (χ3n) is 2.97. The summed E-state index contributed by atoms with van der Waals surface area (Å²) in [6.07, 6.45) is 0.842. The van der Waals surface area contributed by atoms with Crippen LogP contribution in [0.4, 0.5) is 5.69 Å². The van der Waals surface area contributed by atoms with Gasteiger partial charge in [-0.05, 0) is 30.5 Å². The molecule has 0 aliphatic rings. The highest BCUT2D eigenvalue weighted by Gasteiger charge is 2.20. The average Bonchev–Trinajstić information content (AvgIpc) is 2.31. The topological polar surface area (TPSA) is 75.4 Å². The van der Waals surface area contributed by atoms with Crippen molar-refractivity contribution < 1.29 is 9.90 Å². The van der Waals surface area contributed by atoms with Crippen LogP contribution in [0.2, 0.25) is 0 Å². The van der Waals surface area contributed by atoms with Gasteiger partial charge in [0.25, 0.3) is 0 Å². The Bertz CT molecular complexity index is 404. The molecule has 1 aromatic carbocycles. The van der Waals surface area contributed by atoms with Crippen molar-refractivity contribution in [3.05, 3.63) is 23.8 Å². The Labute approximate surface area is 102 Å². The fourth-order valence-corrected chi connectivity index (χ4v) is 1.48. The van der Waals surface area contributed by atoms with Crippen molar-refractivity contribution in [2.24, 2.45) is 11.7 Å². The maximum Gasteiger partial charge on any atom is 0.241 e. The fourth-order valence-electron chi connectivity index (χ4n) is 1.48. The Morgan fingerprint density at radius 3 is 2.76 bits per heavy atom. The predicted molar refractivity (Wildman–Crippen MR) is 68.9 cm³/mol. The second-order valence-electron chi connectivity index (χ2n) is 4.42. The quantitative estimate of drug-likeness (QED) is 0.700. The van der Waals surface area contributed by atoms with Gasteiger partial charge in [-0.2, -0.15) is 0 Å². The fraction of sp³-hybridized carbons (Fsp3) is 0.462. The third-order valence-corrected chi connectivity index (χ3v) is 2.97. The number of carbonyl (C=O) groups excluding carboxylic acids is 1. The lowest BCUT2D eigenvalue weighted by Crippen LogP contribution is -2.40. The highest BCUT2D eigenvalue weighted by atomic mass is 16.3. The first-order valence-electron chi connectivity index (χ1n) is 5.81. The highest BCUT2D eigenvalue weighted by Crippen LogP contribution is 2.24. The summed E-state index contributed by atoms with van der Waals surface area (Å²) < 4.78 is 0. The summed E-state index contributed by atoms with van der Waals surface area (Å²) >= 11 is 0. The lowest BCUT2D eigenvalue weighted by Gasteiger charge is -2.18. The first-order valence-corrected chi connectivity index (χ1v) is 5.81. The van der Waals surface area contributed by atoms with Crippen LogP contribution in [0.25, 0.3) is 0 Å². The van der Waals surface area contributed by atoms with Crippen molar-refractivity contribution >= 4 is 11.6 Å². The summed E-state index contributed by atoms with van der Waals surface area (Å²) in [5.74, 6) is -0.0949. The molecule has 0 radical (unpaired) electrons. The number of hydrogen-bond acceptors (Lipinski definition) is 3. The van der Waals surface area contributed by atoms with Crippen molar-refractivity contribution in [2.45, 2.75) is 33.2 Å². The zero-order chi connectivity index (χ0) is 13.0. The number of aromatic hydroxyl groups is 1. The predicted octanol–water partition coefficient (Wildman–Crippen LogP) is 2.01. The van der Waals surface area contributed by atoms with Crippen LogP contribution in [0.15, 0.2) is 18.2 Å². The molecule has 1 aromatic rings. The van der Waals surface area contributed by atoms with E-state index in [1.165, 1.54) is 0 Å². The van der Waals surface area contributed by atoms with E-state index in [1.807, 2.05) is 20.8 Å². The van der Waals surface area contributed by atoms with Gasteiger partial charge in [0.05, 0.1) is 11.7 Å². The van der Waals surface area contributed by atoms with Crippen LogP contribution < -0.4 is 11.1 Å². The van der Waals surface area contributed by atoms with E-state index in [0.717, 1.165) is 12.0 Å². The molecule has 0 fully saturated rings. The van der Waals surface area contributed by atoms with Crippen LogP contribution >= 0.6 is 0 Å². The number of aryl methyl sites for hydroxylation is 1. The maximum absolute atomic E-state index is 11.8. The van der Waals surface area contributed by atoms with Crippen LogP contribution in [-0.4, -0.2) is 17.1 Å². The van der Waals surface area contributed by atoms with E-state index in [2.05, 4.69) is 5.32 Å². The Balaban J connectivity index is 2.77. The van der Waals surface area contributed by atoms with Gasteiger partial charge in [0, 0.05) is 0 Å². The van der Waals surface area contributed by atoms with Gasteiger partial charge < -0.3 is 16.2 Å². The molecule has 0 saturated heterocycles. The molecule has 0 aromatic heterocycles. The van der Waals surface area contributed by atoms with Gasteiger partial charge in [-0.15, -0.1) is 0 Å². The summed E-state index contributed by atoms with van der Waals surface area (Å²) in [5, 5.41) is 12.3. The molecule has 0 aliphatic carbocycles. The number of hydrogen-bond donors (Lipinski definition) is 3. The first-order chi connectivity index (χ1) is 7.95. The zero-order valence-corrected chi connectivity index (χ0v) is 10.5. The van der Waals surface area contributed by atoms with E-state index in [1.54, 1.807) is 18.2 Å². The largest absolute Gasteiger partial charge is 0.506 e. The van der Waals surface area contributed by atoms with Crippen molar-refractivity contribution in [1.29, 1.82) is 0 Å². The summed E-state index contributed by atoms with van der Waals surface area (Å²) in [5.41, 5.74) is 7.19. The molecule has 0 heterocycles. The van der Waals surface area contributed by atoms with E-state index in [-0.39, 0.29) is 17.6 Å². The number of anilines is 1. The van der Waals surface area contributed by atoms with E-state index >= 15 is 0 Å². The number of benzene rings is 1. The molecule has 0 saturated carbocycles. The van der Waals surface area contributed by atoms with Gasteiger partial charge in [-0.3, -0.25) is 4.79 Å². The summed E-state index contributed by atoms with van der Waals surface area (Å²) in [6.45, 7) is 5.81. The third kappa shape index (κ3) is 3.46. The van der Waals surface area contributed by atoms with Crippen molar-refractivity contribution in [3.63, 3.8) is 0 Å². The molecule has 1 rings (SSSR count). The van der Waals surface area contributed by atoms with Crippen molar-refractivity contribution in [1.82, 2.24) is 0 Å². The van der Waals surface area contributed by atoms with Gasteiger partial charge in [0.1, 0.15) is 5.75 Å². The molecule has 94 valence electrons. The summed E-state index contributed by atoms with van der Waals surface area (Å²) in [6, 6.07) is 4.50. The SMILES string of the molecule is CC[C@H](C)[C@H](N)C(=O)Nc1cc(C)ccc1O. The zero-order valence-electron chi connectivity index (χ0n) is 10.5. The number of phenols is 1. The van der Waals surface area contributed by atoms with E-state index in [4.69, 9.17) is 5.73 Å². The monoisotopic (exact) mass is 236 g/mol. The van der Waals surface area contributed by atoms with Gasteiger partial charge in [0.15, 0.2) is 0 Å². The number of rotatable bonds is 4. The minimum Gasteiger partial charge on any atom is -0.506 e. The second-order valence-corrected chi connectivity index (χ2v) is 4.42. The van der Waals surface area contributed by atoms with Crippen LogP contribution in [0.3, 0.4) is 0 Å². The van der Waals surface area contributed by atoms with Crippen LogP contribution in [0.5, 0.6) is 5.75 Å². The van der Waals surface area contributed by atoms with Crippen molar-refractivity contribution in [3.8, 4) is 5.75 Å². The number of phenolic OH excluding ortho intramolecular Hbond substituents is 1. The number of nitrogens with one attached hydrogen (secondary N) is 1. The highest BCUT2D eigenvalue weighted by molar-refractivity contribution is 5.96. The molecule has 0 bridgehead atoms. The Morgan fingerprint density at radius 1 is 1.53 bits per heavy atom. The average molecular weight is 236 g/mol. The standard InChI is InChI=1S/C13H20N2O2/c1-4-9(3)12(14)13(17)15-10-7-8(2)5-6-11(10)16/h5-7,9,12,16H,4,14H2,1-3H3,(H,15,17)/t9-,12-/m0/s1. The van der Waals surface area contributed by atoms with Crippen molar-refractivity contribution in [2.75, 3.05) is 5.32 Å².